The monoisotopic (exact) mass is 702 g/mol. The van der Waals surface area contributed by atoms with Gasteiger partial charge >= 0.3 is 18.2 Å². The zero-order chi connectivity index (χ0) is 35.5. The highest BCUT2D eigenvalue weighted by Crippen LogP contribution is 2.35. The van der Waals surface area contributed by atoms with Crippen molar-refractivity contribution in [3.63, 3.8) is 0 Å². The molecule has 3 unspecified atom stereocenters. The zero-order valence-corrected chi connectivity index (χ0v) is 28.6. The van der Waals surface area contributed by atoms with Gasteiger partial charge in [0.2, 0.25) is 5.91 Å². The van der Waals surface area contributed by atoms with Crippen LogP contribution in [0.2, 0.25) is 0 Å². The third-order valence-corrected chi connectivity index (χ3v) is 10.0. The average molecular weight is 703 g/mol. The van der Waals surface area contributed by atoms with E-state index in [-0.39, 0.29) is 24.4 Å². The number of methoxy groups -OCH3 is 1. The van der Waals surface area contributed by atoms with Crippen molar-refractivity contribution in [2.24, 2.45) is 5.92 Å². The normalized spacial score (nSPS) is 17.9. The smallest absolute Gasteiger partial charge is 0.407 e. The fourth-order valence-electron chi connectivity index (χ4n) is 6.39. The molecule has 0 radical (unpaired) electrons. The number of hydrogen-bond acceptors (Lipinski definition) is 9. The number of hydrogen-bond donors (Lipinski definition) is 5. The number of imide groups is 1. The fourth-order valence-corrected chi connectivity index (χ4v) is 7.40. The number of amides is 6. The summed E-state index contributed by atoms with van der Waals surface area (Å²) in [6.07, 6.45) is 2.43. The van der Waals surface area contributed by atoms with Crippen LogP contribution in [0.1, 0.15) is 51.4 Å². The fraction of sp³-hybridized carbons (Fsp3) is 0.382. The van der Waals surface area contributed by atoms with E-state index in [0.29, 0.717) is 30.9 Å². The number of ether oxygens (including phenoxy) is 1. The number of imidazole rings is 1. The molecule has 0 bridgehead atoms. The van der Waals surface area contributed by atoms with E-state index in [9.17, 15) is 29.1 Å². The highest BCUT2D eigenvalue weighted by atomic mass is 32.1. The second kappa shape index (κ2) is 14.5. The van der Waals surface area contributed by atoms with Gasteiger partial charge in [0.1, 0.15) is 22.9 Å². The number of nitrogens with zero attached hydrogens (tertiary/aromatic N) is 4. The van der Waals surface area contributed by atoms with Gasteiger partial charge in [0.15, 0.2) is 0 Å². The Morgan fingerprint density at radius 1 is 1.00 bits per heavy atom. The summed E-state index contributed by atoms with van der Waals surface area (Å²) < 4.78 is 5.56. The molecule has 0 spiro atoms. The molecule has 2 aromatic heterocycles. The minimum absolute atomic E-state index is 0.123. The number of rotatable bonds is 8. The minimum atomic E-state index is -1.19. The van der Waals surface area contributed by atoms with Crippen molar-refractivity contribution in [3.05, 3.63) is 54.5 Å². The number of carboxylic acid groups (broad SMARTS) is 1. The van der Waals surface area contributed by atoms with Gasteiger partial charge in [0.25, 0.3) is 5.91 Å². The van der Waals surface area contributed by atoms with Crippen molar-refractivity contribution < 1.29 is 33.8 Å². The van der Waals surface area contributed by atoms with Crippen LogP contribution in [0.15, 0.2) is 48.7 Å². The Kier molecular flexibility index (Phi) is 9.99. The number of carbonyl (C=O) groups is 5. The third kappa shape index (κ3) is 7.24. The summed E-state index contributed by atoms with van der Waals surface area (Å²) >= 11 is 1.45. The molecule has 6 rings (SSSR count). The van der Waals surface area contributed by atoms with Gasteiger partial charge in [0, 0.05) is 24.3 Å². The lowest BCUT2D eigenvalue weighted by Gasteiger charge is -2.30. The van der Waals surface area contributed by atoms with E-state index in [1.54, 1.807) is 29.3 Å². The van der Waals surface area contributed by atoms with Crippen LogP contribution in [-0.2, 0) is 14.3 Å². The summed E-state index contributed by atoms with van der Waals surface area (Å²) in [5.74, 6) is -0.257. The zero-order valence-electron chi connectivity index (χ0n) is 27.8. The molecule has 16 heteroatoms. The van der Waals surface area contributed by atoms with Gasteiger partial charge in [-0.3, -0.25) is 19.8 Å². The van der Waals surface area contributed by atoms with Crippen molar-refractivity contribution in [1.29, 1.82) is 0 Å². The molecule has 0 saturated carbocycles. The quantitative estimate of drug-likeness (QED) is 0.164. The van der Waals surface area contributed by atoms with Crippen LogP contribution >= 0.6 is 11.3 Å². The van der Waals surface area contributed by atoms with Crippen LogP contribution in [-0.4, -0.2) is 92.2 Å². The molecule has 2 aliphatic rings. The standard InChI is InChI=1S/C34H38N8O7S/c1-18(2)27(39-33(46)49-3)31(44)41-14-4-6-24(41)28-35-17-23(37-28)19-8-10-20(11-9-19)30-38-22-13-12-21(16-26(22)50-30)36-32(45)40-29(43)25-7-5-15-42(25)34(47)48/h8-13,16-18,24-25,27H,4-7,14-15H2,1-3H3,(H,35,37)(H,39,46)(H,47,48)(H2,36,40,43,45). The Hall–Kier alpha value is -5.51. The molecule has 2 aliphatic heterocycles. The molecule has 5 N–H and O–H groups in total. The van der Waals surface area contributed by atoms with Gasteiger partial charge in [-0.05, 0) is 55.4 Å². The second-order valence-corrected chi connectivity index (χ2v) is 13.6. The van der Waals surface area contributed by atoms with Gasteiger partial charge in [-0.25, -0.2) is 24.4 Å². The summed E-state index contributed by atoms with van der Waals surface area (Å²) in [6, 6.07) is 10.5. The van der Waals surface area contributed by atoms with Gasteiger partial charge in [-0.2, -0.15) is 0 Å². The molecular formula is C34H38N8O7S. The first-order valence-corrected chi connectivity index (χ1v) is 17.2. The van der Waals surface area contributed by atoms with Crippen LogP contribution in [0.4, 0.5) is 20.1 Å². The molecule has 4 heterocycles. The van der Waals surface area contributed by atoms with E-state index in [1.807, 2.05) is 38.1 Å². The summed E-state index contributed by atoms with van der Waals surface area (Å²) in [5.41, 5.74) is 3.83. The molecule has 2 aromatic carbocycles. The predicted octanol–water partition coefficient (Wildman–Crippen LogP) is 5.19. The first-order valence-electron chi connectivity index (χ1n) is 16.3. The molecule has 2 saturated heterocycles. The highest BCUT2D eigenvalue weighted by molar-refractivity contribution is 7.21. The first-order chi connectivity index (χ1) is 24.0. The maximum Gasteiger partial charge on any atom is 0.407 e. The van der Waals surface area contributed by atoms with E-state index in [0.717, 1.165) is 49.8 Å². The summed E-state index contributed by atoms with van der Waals surface area (Å²) in [7, 11) is 1.27. The van der Waals surface area contributed by atoms with E-state index < -0.39 is 36.2 Å². The number of aromatic amines is 1. The number of likely N-dealkylation sites (tertiary alicyclic amines) is 2. The maximum absolute atomic E-state index is 13.5. The SMILES string of the molecule is COC(=O)NC(C(=O)N1CCCC1c1ncc(-c2ccc(-c3nc4ccc(NC(=O)NC(=O)C5CCCN5C(=O)O)cc4s3)cc2)[nH]1)C(C)C. The second-order valence-electron chi connectivity index (χ2n) is 12.6. The number of carbonyl (C=O) groups excluding carboxylic acids is 4. The molecule has 6 amide bonds. The summed E-state index contributed by atoms with van der Waals surface area (Å²) in [5, 5.41) is 17.6. The Bertz CT molecular complexity index is 1920. The topological polar surface area (TPSA) is 199 Å². The number of H-pyrrole nitrogens is 1. The Labute approximate surface area is 291 Å². The van der Waals surface area contributed by atoms with Crippen LogP contribution in [0, 0.1) is 5.92 Å². The number of anilines is 1. The summed E-state index contributed by atoms with van der Waals surface area (Å²) in [4.78, 5) is 77.3. The lowest BCUT2D eigenvalue weighted by molar-refractivity contribution is -0.135. The van der Waals surface area contributed by atoms with Gasteiger partial charge in [0.05, 0.1) is 35.3 Å². The molecule has 50 heavy (non-hydrogen) atoms. The molecule has 15 nitrogen and oxygen atoms in total. The van der Waals surface area contributed by atoms with E-state index in [2.05, 4.69) is 25.9 Å². The van der Waals surface area contributed by atoms with Crippen molar-refractivity contribution in [3.8, 4) is 21.8 Å². The third-order valence-electron chi connectivity index (χ3n) is 8.97. The number of urea groups is 1. The molecular weight excluding hydrogens is 664 g/mol. The predicted molar refractivity (Wildman–Crippen MR) is 185 cm³/mol. The summed E-state index contributed by atoms with van der Waals surface area (Å²) in [6.45, 7) is 4.59. The number of fused-ring (bicyclic) bond motifs is 1. The lowest BCUT2D eigenvalue weighted by atomic mass is 10.0. The highest BCUT2D eigenvalue weighted by Gasteiger charge is 2.38. The van der Waals surface area contributed by atoms with Gasteiger partial charge < -0.3 is 30.4 Å². The van der Waals surface area contributed by atoms with Crippen molar-refractivity contribution in [2.45, 2.75) is 57.7 Å². The molecule has 3 atom stereocenters. The Morgan fingerprint density at radius 3 is 2.44 bits per heavy atom. The van der Waals surface area contributed by atoms with Gasteiger partial charge in [-0.1, -0.05) is 38.1 Å². The number of aromatic nitrogens is 3. The molecule has 0 aliphatic carbocycles. The van der Waals surface area contributed by atoms with Crippen molar-refractivity contribution >= 4 is 57.3 Å². The van der Waals surface area contributed by atoms with Crippen LogP contribution in [0.3, 0.4) is 0 Å². The van der Waals surface area contributed by atoms with E-state index >= 15 is 0 Å². The number of alkyl carbamates (subject to hydrolysis) is 1. The number of benzene rings is 2. The van der Waals surface area contributed by atoms with Gasteiger partial charge in [-0.15, -0.1) is 11.3 Å². The number of nitrogens with one attached hydrogen (secondary N) is 4. The minimum Gasteiger partial charge on any atom is -0.465 e. The van der Waals surface area contributed by atoms with Crippen LogP contribution < -0.4 is 16.0 Å². The molecule has 262 valence electrons. The largest absolute Gasteiger partial charge is 0.465 e. The van der Waals surface area contributed by atoms with Crippen molar-refractivity contribution in [2.75, 3.05) is 25.5 Å². The van der Waals surface area contributed by atoms with E-state index in [1.165, 1.54) is 18.4 Å². The molecule has 4 aromatic rings. The van der Waals surface area contributed by atoms with E-state index in [4.69, 9.17) is 9.72 Å². The van der Waals surface area contributed by atoms with Crippen molar-refractivity contribution in [1.82, 2.24) is 35.4 Å². The number of thiazole rings is 1. The lowest BCUT2D eigenvalue weighted by Crippen LogP contribution is -2.51. The average Bonchev–Trinajstić information content (AvgIpc) is 3.92. The molecule has 2 fully saturated rings. The maximum atomic E-state index is 13.5. The Morgan fingerprint density at radius 2 is 1.72 bits per heavy atom. The van der Waals surface area contributed by atoms with Crippen LogP contribution in [0.5, 0.6) is 0 Å². The van der Waals surface area contributed by atoms with Crippen LogP contribution in [0.25, 0.3) is 32.0 Å². The Balaban J connectivity index is 1.10. The first kappa shape index (κ1) is 34.4.